The molecule has 2 aromatic carbocycles. The Bertz CT molecular complexity index is 972. The molecule has 0 saturated carbocycles. The molecule has 0 spiro atoms. The highest BCUT2D eigenvalue weighted by atomic mass is 16.4. The van der Waals surface area contributed by atoms with Gasteiger partial charge >= 0.3 is 5.97 Å². The molecule has 5 nitrogen and oxygen atoms in total. The zero-order valence-corrected chi connectivity index (χ0v) is 15.5. The van der Waals surface area contributed by atoms with Crippen molar-refractivity contribution in [2.45, 2.75) is 33.2 Å². The van der Waals surface area contributed by atoms with Crippen LogP contribution < -0.4 is 0 Å². The van der Waals surface area contributed by atoms with Gasteiger partial charge in [-0.05, 0) is 36.1 Å². The number of carbonyl (C=O) groups excluding carboxylic acids is 1. The molecule has 27 heavy (non-hydrogen) atoms. The van der Waals surface area contributed by atoms with Gasteiger partial charge in [0.15, 0.2) is 6.29 Å². The highest BCUT2D eigenvalue weighted by molar-refractivity contribution is 5.96. The SMILES string of the molecule is CCCc1nc(C)c(C=O)n1Cc1ccc(-c2ccccc2C(=O)O)cc1. The largest absolute Gasteiger partial charge is 0.478 e. The van der Waals surface area contributed by atoms with Crippen LogP contribution >= 0.6 is 0 Å². The van der Waals surface area contributed by atoms with E-state index in [0.29, 0.717) is 17.8 Å². The lowest BCUT2D eigenvalue weighted by atomic mass is 9.99. The van der Waals surface area contributed by atoms with Crippen molar-refractivity contribution in [2.24, 2.45) is 0 Å². The number of benzene rings is 2. The second-order valence-corrected chi connectivity index (χ2v) is 6.50. The number of rotatable bonds is 7. The normalized spacial score (nSPS) is 10.7. The Kier molecular flexibility index (Phi) is 5.50. The molecule has 0 aliphatic rings. The van der Waals surface area contributed by atoms with Crippen molar-refractivity contribution in [1.82, 2.24) is 9.55 Å². The van der Waals surface area contributed by atoms with Crippen LogP contribution in [0.25, 0.3) is 11.1 Å². The van der Waals surface area contributed by atoms with E-state index in [1.54, 1.807) is 12.1 Å². The summed E-state index contributed by atoms with van der Waals surface area (Å²) in [6.07, 6.45) is 2.64. The third-order valence-electron chi connectivity index (χ3n) is 4.62. The minimum atomic E-state index is -0.941. The number of nitrogens with zero attached hydrogens (tertiary/aromatic N) is 2. The van der Waals surface area contributed by atoms with Crippen molar-refractivity contribution in [1.29, 1.82) is 0 Å². The lowest BCUT2D eigenvalue weighted by Crippen LogP contribution is -2.08. The molecule has 5 heteroatoms. The van der Waals surface area contributed by atoms with E-state index in [1.807, 2.05) is 47.9 Å². The quantitative estimate of drug-likeness (QED) is 0.634. The molecule has 0 bridgehead atoms. The van der Waals surface area contributed by atoms with Crippen molar-refractivity contribution in [3.8, 4) is 11.1 Å². The van der Waals surface area contributed by atoms with Crippen LogP contribution in [0.4, 0.5) is 0 Å². The lowest BCUT2D eigenvalue weighted by molar-refractivity contribution is 0.0697. The van der Waals surface area contributed by atoms with Crippen LogP contribution in [0.15, 0.2) is 48.5 Å². The standard InChI is InChI=1S/C22H22N2O3/c1-3-6-21-23-15(2)20(14-25)24(21)13-16-9-11-17(12-10-16)18-7-4-5-8-19(18)22(26)27/h4-5,7-12,14H,3,6,13H2,1-2H3,(H,26,27). The predicted molar refractivity (Wildman–Crippen MR) is 104 cm³/mol. The molecule has 0 aliphatic carbocycles. The van der Waals surface area contributed by atoms with E-state index in [0.717, 1.165) is 41.8 Å². The summed E-state index contributed by atoms with van der Waals surface area (Å²) in [6, 6.07) is 14.7. The number of aldehydes is 1. The summed E-state index contributed by atoms with van der Waals surface area (Å²) in [4.78, 5) is 27.4. The van der Waals surface area contributed by atoms with Crippen LogP contribution in [0.3, 0.4) is 0 Å². The van der Waals surface area contributed by atoms with E-state index in [4.69, 9.17) is 0 Å². The Hall–Kier alpha value is -3.21. The number of hydrogen-bond donors (Lipinski definition) is 1. The van der Waals surface area contributed by atoms with E-state index >= 15 is 0 Å². The summed E-state index contributed by atoms with van der Waals surface area (Å²) < 4.78 is 1.96. The Balaban J connectivity index is 1.92. The number of carboxylic acids is 1. The molecular formula is C22H22N2O3. The minimum absolute atomic E-state index is 0.281. The van der Waals surface area contributed by atoms with E-state index in [2.05, 4.69) is 11.9 Å². The van der Waals surface area contributed by atoms with Crippen LogP contribution in [0.5, 0.6) is 0 Å². The maximum Gasteiger partial charge on any atom is 0.336 e. The zero-order valence-electron chi connectivity index (χ0n) is 15.5. The van der Waals surface area contributed by atoms with Crippen molar-refractivity contribution in [2.75, 3.05) is 0 Å². The van der Waals surface area contributed by atoms with Gasteiger partial charge in [-0.2, -0.15) is 0 Å². The molecule has 3 aromatic rings. The average Bonchev–Trinajstić information content (AvgIpc) is 2.97. The zero-order chi connectivity index (χ0) is 19.4. The molecule has 1 heterocycles. The Morgan fingerprint density at radius 3 is 2.48 bits per heavy atom. The first-order valence-electron chi connectivity index (χ1n) is 8.98. The predicted octanol–water partition coefficient (Wildman–Crippen LogP) is 4.37. The average molecular weight is 362 g/mol. The molecule has 1 aromatic heterocycles. The van der Waals surface area contributed by atoms with Gasteiger partial charge in [-0.15, -0.1) is 0 Å². The van der Waals surface area contributed by atoms with E-state index in [-0.39, 0.29) is 5.56 Å². The number of aryl methyl sites for hydroxylation is 2. The third kappa shape index (κ3) is 3.82. The monoisotopic (exact) mass is 362 g/mol. The molecule has 0 saturated heterocycles. The van der Waals surface area contributed by atoms with Gasteiger partial charge in [0.05, 0.1) is 11.3 Å². The number of carbonyl (C=O) groups is 2. The number of carboxylic acid groups (broad SMARTS) is 1. The van der Waals surface area contributed by atoms with Gasteiger partial charge in [0.25, 0.3) is 0 Å². The van der Waals surface area contributed by atoms with Crippen LogP contribution in [-0.4, -0.2) is 26.9 Å². The number of aromatic nitrogens is 2. The minimum Gasteiger partial charge on any atom is -0.478 e. The van der Waals surface area contributed by atoms with Gasteiger partial charge in [-0.1, -0.05) is 49.4 Å². The summed E-state index contributed by atoms with van der Waals surface area (Å²) in [5.41, 5.74) is 4.21. The van der Waals surface area contributed by atoms with Gasteiger partial charge in [-0.3, -0.25) is 4.79 Å². The fourth-order valence-electron chi connectivity index (χ4n) is 3.28. The summed E-state index contributed by atoms with van der Waals surface area (Å²) in [6.45, 7) is 4.50. The van der Waals surface area contributed by atoms with Crippen molar-refractivity contribution in [3.63, 3.8) is 0 Å². The van der Waals surface area contributed by atoms with Crippen LogP contribution in [-0.2, 0) is 13.0 Å². The number of aromatic carboxylic acids is 1. The lowest BCUT2D eigenvalue weighted by Gasteiger charge is -2.11. The smallest absolute Gasteiger partial charge is 0.336 e. The number of hydrogen-bond acceptors (Lipinski definition) is 3. The molecule has 1 N–H and O–H groups in total. The first-order valence-corrected chi connectivity index (χ1v) is 8.98. The first-order chi connectivity index (χ1) is 13.0. The van der Waals surface area contributed by atoms with Crippen molar-refractivity contribution < 1.29 is 14.7 Å². The molecule has 0 atom stereocenters. The Labute approximate surface area is 158 Å². The second-order valence-electron chi connectivity index (χ2n) is 6.50. The van der Waals surface area contributed by atoms with Gasteiger partial charge in [0, 0.05) is 13.0 Å². The van der Waals surface area contributed by atoms with E-state index < -0.39 is 5.97 Å². The summed E-state index contributed by atoms with van der Waals surface area (Å²) >= 11 is 0. The maximum atomic E-state index is 11.5. The van der Waals surface area contributed by atoms with Crippen LogP contribution in [0.2, 0.25) is 0 Å². The molecule has 0 fully saturated rings. The fourth-order valence-corrected chi connectivity index (χ4v) is 3.28. The number of imidazole rings is 1. The van der Waals surface area contributed by atoms with Gasteiger partial charge < -0.3 is 9.67 Å². The third-order valence-corrected chi connectivity index (χ3v) is 4.62. The Morgan fingerprint density at radius 2 is 1.85 bits per heavy atom. The highest BCUT2D eigenvalue weighted by Crippen LogP contribution is 2.25. The van der Waals surface area contributed by atoms with Crippen molar-refractivity contribution in [3.05, 3.63) is 76.9 Å². The van der Waals surface area contributed by atoms with Crippen LogP contribution in [0, 0.1) is 6.92 Å². The molecule has 138 valence electrons. The van der Waals surface area contributed by atoms with E-state index in [9.17, 15) is 14.7 Å². The van der Waals surface area contributed by atoms with Crippen molar-refractivity contribution >= 4 is 12.3 Å². The summed E-state index contributed by atoms with van der Waals surface area (Å²) in [5, 5.41) is 9.37. The van der Waals surface area contributed by atoms with Gasteiger partial charge in [0.2, 0.25) is 0 Å². The van der Waals surface area contributed by atoms with Gasteiger partial charge in [-0.25, -0.2) is 9.78 Å². The van der Waals surface area contributed by atoms with Crippen LogP contribution in [0.1, 0.15) is 51.3 Å². The fraction of sp³-hybridized carbons (Fsp3) is 0.227. The molecule has 0 aliphatic heterocycles. The molecule has 0 radical (unpaired) electrons. The first kappa shape index (κ1) is 18.6. The topological polar surface area (TPSA) is 72.2 Å². The summed E-state index contributed by atoms with van der Waals surface area (Å²) in [5.74, 6) is -0.0270. The molecule has 0 amide bonds. The van der Waals surface area contributed by atoms with E-state index in [1.165, 1.54) is 0 Å². The highest BCUT2D eigenvalue weighted by Gasteiger charge is 2.14. The second kappa shape index (κ2) is 7.99. The Morgan fingerprint density at radius 1 is 1.15 bits per heavy atom. The molecule has 0 unspecified atom stereocenters. The summed E-state index contributed by atoms with van der Waals surface area (Å²) in [7, 11) is 0. The molecular weight excluding hydrogens is 340 g/mol. The maximum absolute atomic E-state index is 11.5. The van der Waals surface area contributed by atoms with Gasteiger partial charge in [0.1, 0.15) is 11.5 Å². The molecule has 3 rings (SSSR count).